The Bertz CT molecular complexity index is 1280. The number of carboxylic acids is 2. The average Bonchev–Trinajstić information content (AvgIpc) is 3.15. The Labute approximate surface area is 223 Å². The third-order valence-electron chi connectivity index (χ3n) is 11.5. The second-order valence-electron chi connectivity index (χ2n) is 13.3. The minimum atomic E-state index is -1.05. The molecule has 6 aliphatic rings. The molecule has 7 nitrogen and oxygen atoms in total. The summed E-state index contributed by atoms with van der Waals surface area (Å²) in [6, 6.07) is 5.99. The van der Waals surface area contributed by atoms with Crippen molar-refractivity contribution in [1.82, 2.24) is 0 Å². The monoisotopic (exact) mass is 519 g/mol. The van der Waals surface area contributed by atoms with Crippen molar-refractivity contribution >= 4 is 29.4 Å². The van der Waals surface area contributed by atoms with E-state index in [0.29, 0.717) is 12.1 Å². The number of benzene rings is 1. The molecule has 2 amide bonds. The van der Waals surface area contributed by atoms with Gasteiger partial charge >= 0.3 is 11.9 Å². The molecule has 1 spiro atoms. The Hall–Kier alpha value is -2.96. The quantitative estimate of drug-likeness (QED) is 0.407. The number of fused-ring (bicyclic) bond motifs is 1. The van der Waals surface area contributed by atoms with Crippen LogP contribution in [0.4, 0.5) is 5.69 Å². The molecular formula is C31H37NO6. The van der Waals surface area contributed by atoms with Crippen molar-refractivity contribution in [3.05, 3.63) is 41.5 Å². The van der Waals surface area contributed by atoms with Gasteiger partial charge in [-0.1, -0.05) is 38.8 Å². The molecule has 1 aromatic carbocycles. The van der Waals surface area contributed by atoms with E-state index in [1.54, 1.807) is 12.1 Å². The first-order valence-corrected chi connectivity index (χ1v) is 14.0. The lowest BCUT2D eigenvalue weighted by Crippen LogP contribution is -2.65. The van der Waals surface area contributed by atoms with Gasteiger partial charge in [0.15, 0.2) is 0 Å². The van der Waals surface area contributed by atoms with Gasteiger partial charge in [0.1, 0.15) is 0 Å². The van der Waals surface area contributed by atoms with Crippen LogP contribution in [0.1, 0.15) is 76.6 Å². The molecule has 3 saturated carbocycles. The van der Waals surface area contributed by atoms with Crippen molar-refractivity contribution in [3.63, 3.8) is 0 Å². The number of rotatable bonds is 4. The maximum absolute atomic E-state index is 14.3. The van der Waals surface area contributed by atoms with Crippen molar-refractivity contribution in [2.24, 2.45) is 51.8 Å². The number of aliphatic carboxylic acids is 1. The highest BCUT2D eigenvalue weighted by atomic mass is 16.4. The zero-order chi connectivity index (χ0) is 27.4. The smallest absolute Gasteiger partial charge is 0.335 e. The predicted octanol–water partition coefficient (Wildman–Crippen LogP) is 5.40. The van der Waals surface area contributed by atoms with Gasteiger partial charge in [0, 0.05) is 5.41 Å². The van der Waals surface area contributed by atoms with E-state index in [-0.39, 0.29) is 46.5 Å². The summed E-state index contributed by atoms with van der Waals surface area (Å²) in [7, 11) is 0. The van der Waals surface area contributed by atoms with Gasteiger partial charge in [-0.25, -0.2) is 4.79 Å². The molecule has 8 atom stereocenters. The molecule has 1 saturated heterocycles. The van der Waals surface area contributed by atoms with Crippen LogP contribution in [0, 0.1) is 51.8 Å². The van der Waals surface area contributed by atoms with E-state index in [4.69, 9.17) is 0 Å². The number of hydrogen-bond donors (Lipinski definition) is 2. The summed E-state index contributed by atoms with van der Waals surface area (Å²) in [5.41, 5.74) is 0.343. The highest BCUT2D eigenvalue weighted by Crippen LogP contribution is 2.74. The maximum atomic E-state index is 14.3. The maximum Gasteiger partial charge on any atom is 0.335 e. The number of anilines is 1. The standard InChI is InChI=1S/C31H37NO6/c1-16(2)20-15-31-13-10-21-29(3,11-5-12-30(21,4)28(37)38)22(31)14-19(20)23-24(31)26(34)32(25(23)33)18-8-6-17(7-9-18)27(35)36/h6-9,15-16,19,21-24H,5,10-14H2,1-4H3,(H,35,36)(H,37,38)/t19-,21+,22+,23-,24+,29+,30-,31+/m1/s1. The van der Waals surface area contributed by atoms with Crippen molar-refractivity contribution < 1.29 is 29.4 Å². The summed E-state index contributed by atoms with van der Waals surface area (Å²) in [6.45, 7) is 8.51. The Morgan fingerprint density at radius 3 is 2.26 bits per heavy atom. The summed E-state index contributed by atoms with van der Waals surface area (Å²) in [6.07, 6.45) is 7.13. The van der Waals surface area contributed by atoms with E-state index >= 15 is 0 Å². The second-order valence-corrected chi connectivity index (χ2v) is 13.3. The van der Waals surface area contributed by atoms with Gasteiger partial charge in [-0.15, -0.1) is 0 Å². The summed E-state index contributed by atoms with van der Waals surface area (Å²) in [4.78, 5) is 53.5. The fraction of sp³-hybridized carbons (Fsp3) is 0.613. The van der Waals surface area contributed by atoms with Crippen LogP contribution in [-0.4, -0.2) is 34.0 Å². The molecule has 1 aromatic rings. The summed E-state index contributed by atoms with van der Waals surface area (Å²) < 4.78 is 0. The van der Waals surface area contributed by atoms with Gasteiger partial charge in [0.2, 0.25) is 11.8 Å². The highest BCUT2D eigenvalue weighted by molar-refractivity contribution is 6.23. The average molecular weight is 520 g/mol. The molecule has 2 N–H and O–H groups in total. The fourth-order valence-electron chi connectivity index (χ4n) is 9.97. The van der Waals surface area contributed by atoms with E-state index in [1.165, 1.54) is 22.6 Å². The zero-order valence-corrected chi connectivity index (χ0v) is 22.6. The minimum Gasteiger partial charge on any atom is -0.481 e. The Morgan fingerprint density at radius 1 is 0.974 bits per heavy atom. The van der Waals surface area contributed by atoms with E-state index in [1.807, 2.05) is 6.92 Å². The van der Waals surface area contributed by atoms with Crippen LogP contribution in [0.3, 0.4) is 0 Å². The van der Waals surface area contributed by atoms with Crippen LogP contribution in [0.15, 0.2) is 35.9 Å². The van der Waals surface area contributed by atoms with Gasteiger partial charge in [0.05, 0.1) is 28.5 Å². The Balaban J connectivity index is 1.46. The Morgan fingerprint density at radius 2 is 1.66 bits per heavy atom. The molecule has 2 bridgehead atoms. The van der Waals surface area contributed by atoms with Gasteiger partial charge in [0.25, 0.3) is 0 Å². The lowest BCUT2D eigenvalue weighted by atomic mass is 9.34. The molecule has 1 heterocycles. The molecule has 0 radical (unpaired) electrons. The number of aromatic carboxylic acids is 1. The number of allylic oxidation sites excluding steroid dienone is 2. The molecule has 7 rings (SSSR count). The molecule has 1 aliphatic heterocycles. The third-order valence-corrected chi connectivity index (χ3v) is 11.5. The van der Waals surface area contributed by atoms with Crippen LogP contribution in [0.25, 0.3) is 0 Å². The SMILES string of the molecule is CC(C)C1=C[C@@]23CC[C@H]4[C@](C)(CCC[C@@]4(C)C(=O)O)[C@@H]2C[C@H]1[C@H]1C(=O)N(c2ccc(C(=O)O)cc2)C(=O)[C@H]13. The van der Waals surface area contributed by atoms with Crippen LogP contribution in [0.2, 0.25) is 0 Å². The van der Waals surface area contributed by atoms with Gasteiger partial charge in [-0.05, 0) is 92.4 Å². The number of carbonyl (C=O) groups is 4. The van der Waals surface area contributed by atoms with Crippen LogP contribution < -0.4 is 4.90 Å². The lowest BCUT2D eigenvalue weighted by Gasteiger charge is -2.68. The predicted molar refractivity (Wildman–Crippen MR) is 140 cm³/mol. The molecule has 7 heteroatoms. The van der Waals surface area contributed by atoms with Crippen molar-refractivity contribution in [2.75, 3.05) is 4.90 Å². The minimum absolute atomic E-state index is 0.0393. The largest absolute Gasteiger partial charge is 0.481 e. The first kappa shape index (κ1) is 25.3. The summed E-state index contributed by atoms with van der Waals surface area (Å²) in [5.74, 6) is -2.62. The molecule has 4 fully saturated rings. The van der Waals surface area contributed by atoms with Crippen LogP contribution in [0.5, 0.6) is 0 Å². The molecular weight excluding hydrogens is 482 g/mol. The third kappa shape index (κ3) is 3.02. The summed E-state index contributed by atoms with van der Waals surface area (Å²) in [5, 5.41) is 19.6. The first-order valence-electron chi connectivity index (χ1n) is 14.0. The topological polar surface area (TPSA) is 112 Å². The molecule has 0 unspecified atom stereocenters. The number of carboxylic acid groups (broad SMARTS) is 2. The van der Waals surface area contributed by atoms with Gasteiger partial charge in [-0.3, -0.25) is 19.3 Å². The van der Waals surface area contributed by atoms with E-state index in [0.717, 1.165) is 32.1 Å². The number of nitrogens with zero attached hydrogens (tertiary/aromatic N) is 1. The molecule has 5 aliphatic carbocycles. The van der Waals surface area contributed by atoms with E-state index < -0.39 is 34.6 Å². The normalized spacial score (nSPS) is 41.4. The van der Waals surface area contributed by atoms with Crippen molar-refractivity contribution in [2.45, 2.75) is 66.2 Å². The lowest BCUT2D eigenvalue weighted by molar-refractivity contribution is -0.194. The van der Waals surface area contributed by atoms with Crippen LogP contribution >= 0.6 is 0 Å². The van der Waals surface area contributed by atoms with Crippen molar-refractivity contribution in [3.8, 4) is 0 Å². The number of amides is 2. The molecule has 38 heavy (non-hydrogen) atoms. The highest BCUT2D eigenvalue weighted by Gasteiger charge is 2.73. The number of hydrogen-bond acceptors (Lipinski definition) is 4. The summed E-state index contributed by atoms with van der Waals surface area (Å²) >= 11 is 0. The molecule has 0 aromatic heterocycles. The second kappa shape index (κ2) is 8.03. The zero-order valence-electron chi connectivity index (χ0n) is 22.6. The van der Waals surface area contributed by atoms with Crippen molar-refractivity contribution in [1.29, 1.82) is 0 Å². The number of carbonyl (C=O) groups excluding carboxylic acids is 2. The van der Waals surface area contributed by atoms with Gasteiger partial charge < -0.3 is 10.2 Å². The first-order chi connectivity index (χ1) is 17.9. The fourth-order valence-corrected chi connectivity index (χ4v) is 9.97. The van der Waals surface area contributed by atoms with Crippen LogP contribution in [-0.2, 0) is 14.4 Å². The van der Waals surface area contributed by atoms with E-state index in [9.17, 15) is 29.4 Å². The van der Waals surface area contributed by atoms with Gasteiger partial charge in [-0.2, -0.15) is 0 Å². The molecule has 202 valence electrons. The Kier molecular flexibility index (Phi) is 5.35. The number of imide groups is 1. The van der Waals surface area contributed by atoms with E-state index in [2.05, 4.69) is 26.8 Å².